The molecule has 1 aliphatic heterocycles. The molecule has 1 unspecified atom stereocenters. The van der Waals surface area contributed by atoms with Gasteiger partial charge in [-0.15, -0.1) is 0 Å². The second kappa shape index (κ2) is 9.21. The van der Waals surface area contributed by atoms with Crippen molar-refractivity contribution in [1.82, 2.24) is 10.2 Å². The molecule has 0 radical (unpaired) electrons. The van der Waals surface area contributed by atoms with Crippen LogP contribution in [0.1, 0.15) is 44.7 Å². The SMILES string of the molecule is CC(C)(C)OC(=O)N1CCCC(C(=O)NCC#Cc2cccc(C(F)(F)F)c2)C1. The maximum Gasteiger partial charge on any atom is 0.416 e. The number of carbonyl (C=O) groups is 2. The molecule has 1 aromatic rings. The molecular formula is C21H25F3N2O3. The summed E-state index contributed by atoms with van der Waals surface area (Å²) in [4.78, 5) is 26.0. The number of hydrogen-bond donors (Lipinski definition) is 1. The first-order valence-corrected chi connectivity index (χ1v) is 9.37. The second-order valence-corrected chi connectivity index (χ2v) is 7.86. The fourth-order valence-corrected chi connectivity index (χ4v) is 2.88. The molecule has 0 saturated carbocycles. The molecule has 0 aromatic heterocycles. The summed E-state index contributed by atoms with van der Waals surface area (Å²) in [5, 5.41) is 2.66. The van der Waals surface area contributed by atoms with Crippen LogP contribution in [0, 0.1) is 17.8 Å². The quantitative estimate of drug-likeness (QED) is 0.754. The molecule has 0 spiro atoms. The van der Waals surface area contributed by atoms with Crippen molar-refractivity contribution in [2.24, 2.45) is 5.92 Å². The Balaban J connectivity index is 1.87. The minimum Gasteiger partial charge on any atom is -0.444 e. The van der Waals surface area contributed by atoms with Crippen LogP contribution in [-0.2, 0) is 15.7 Å². The number of piperidine rings is 1. The van der Waals surface area contributed by atoms with Crippen LogP contribution in [0.3, 0.4) is 0 Å². The van der Waals surface area contributed by atoms with Crippen molar-refractivity contribution in [3.8, 4) is 11.8 Å². The molecule has 1 fully saturated rings. The number of halogens is 3. The number of ether oxygens (including phenoxy) is 1. The fraction of sp³-hybridized carbons (Fsp3) is 0.524. The van der Waals surface area contributed by atoms with E-state index in [0.717, 1.165) is 12.1 Å². The maximum absolute atomic E-state index is 12.7. The summed E-state index contributed by atoms with van der Waals surface area (Å²) in [6.07, 6.45) is -3.54. The molecule has 1 atom stereocenters. The number of likely N-dealkylation sites (tertiary alicyclic amines) is 1. The van der Waals surface area contributed by atoms with Gasteiger partial charge in [0, 0.05) is 18.7 Å². The van der Waals surface area contributed by atoms with Crippen molar-refractivity contribution < 1.29 is 27.5 Å². The predicted molar refractivity (Wildman–Crippen MR) is 102 cm³/mol. The molecule has 8 heteroatoms. The van der Waals surface area contributed by atoms with Crippen LogP contribution in [0.2, 0.25) is 0 Å². The first-order chi connectivity index (χ1) is 13.5. The Morgan fingerprint density at radius 1 is 1.28 bits per heavy atom. The molecule has 1 aliphatic rings. The van der Waals surface area contributed by atoms with Gasteiger partial charge in [-0.3, -0.25) is 4.79 Å². The summed E-state index contributed by atoms with van der Waals surface area (Å²) < 4.78 is 43.5. The van der Waals surface area contributed by atoms with Crippen molar-refractivity contribution in [3.05, 3.63) is 35.4 Å². The number of benzene rings is 1. The van der Waals surface area contributed by atoms with E-state index in [9.17, 15) is 22.8 Å². The van der Waals surface area contributed by atoms with Gasteiger partial charge in [0.05, 0.1) is 18.0 Å². The largest absolute Gasteiger partial charge is 0.444 e. The predicted octanol–water partition coefficient (Wildman–Crippen LogP) is 3.82. The van der Waals surface area contributed by atoms with Crippen molar-refractivity contribution >= 4 is 12.0 Å². The van der Waals surface area contributed by atoms with Crippen LogP contribution < -0.4 is 5.32 Å². The standard InChI is InChI=1S/C21H25F3N2O3/c1-20(2,3)29-19(28)26-12-6-9-16(14-26)18(27)25-11-5-8-15-7-4-10-17(13-15)21(22,23)24/h4,7,10,13,16H,6,9,11-12,14H2,1-3H3,(H,25,27). The fourth-order valence-electron chi connectivity index (χ4n) is 2.88. The number of nitrogens with zero attached hydrogens (tertiary/aromatic N) is 1. The Morgan fingerprint density at radius 3 is 2.66 bits per heavy atom. The monoisotopic (exact) mass is 410 g/mol. The zero-order valence-electron chi connectivity index (χ0n) is 16.7. The van der Waals surface area contributed by atoms with Gasteiger partial charge in [-0.1, -0.05) is 17.9 Å². The summed E-state index contributed by atoms with van der Waals surface area (Å²) in [6.45, 7) is 6.15. The first-order valence-electron chi connectivity index (χ1n) is 9.37. The van der Waals surface area contributed by atoms with Crippen LogP contribution >= 0.6 is 0 Å². The Labute approximate surface area is 168 Å². The Kier molecular flexibility index (Phi) is 7.17. The van der Waals surface area contributed by atoms with Crippen LogP contribution in [0.25, 0.3) is 0 Å². The van der Waals surface area contributed by atoms with E-state index < -0.39 is 23.4 Å². The third-order valence-corrected chi connectivity index (χ3v) is 4.22. The smallest absolute Gasteiger partial charge is 0.416 e. The number of alkyl halides is 3. The lowest BCUT2D eigenvalue weighted by Crippen LogP contribution is -2.47. The summed E-state index contributed by atoms with van der Waals surface area (Å²) in [6, 6.07) is 4.71. The molecular weight excluding hydrogens is 385 g/mol. The van der Waals surface area contributed by atoms with E-state index in [1.807, 2.05) is 0 Å². The number of nitrogens with one attached hydrogen (secondary N) is 1. The van der Waals surface area contributed by atoms with Gasteiger partial charge in [-0.05, 0) is 51.8 Å². The number of amides is 2. The van der Waals surface area contributed by atoms with Gasteiger partial charge in [-0.2, -0.15) is 13.2 Å². The van der Waals surface area contributed by atoms with Gasteiger partial charge in [-0.25, -0.2) is 4.79 Å². The van der Waals surface area contributed by atoms with E-state index in [1.54, 1.807) is 20.8 Å². The molecule has 5 nitrogen and oxygen atoms in total. The molecule has 1 N–H and O–H groups in total. The van der Waals surface area contributed by atoms with Crippen LogP contribution in [0.4, 0.5) is 18.0 Å². The molecule has 1 saturated heterocycles. The molecule has 2 amide bonds. The maximum atomic E-state index is 12.7. The Bertz CT molecular complexity index is 804. The van der Waals surface area contributed by atoms with Crippen LogP contribution in [0.15, 0.2) is 24.3 Å². The molecule has 1 aromatic carbocycles. The Hall–Kier alpha value is -2.69. The highest BCUT2D eigenvalue weighted by Gasteiger charge is 2.31. The lowest BCUT2D eigenvalue weighted by atomic mass is 9.97. The van der Waals surface area contributed by atoms with E-state index in [1.165, 1.54) is 17.0 Å². The van der Waals surface area contributed by atoms with Gasteiger partial charge < -0.3 is 15.0 Å². The van der Waals surface area contributed by atoms with E-state index in [0.29, 0.717) is 19.4 Å². The minimum absolute atomic E-state index is 0.0119. The van der Waals surface area contributed by atoms with Gasteiger partial charge in [0.15, 0.2) is 0 Å². The molecule has 29 heavy (non-hydrogen) atoms. The molecule has 0 bridgehead atoms. The average Bonchev–Trinajstić information content (AvgIpc) is 2.63. The molecule has 2 rings (SSSR count). The van der Waals surface area contributed by atoms with E-state index in [2.05, 4.69) is 17.2 Å². The number of carbonyl (C=O) groups excluding carboxylic acids is 2. The van der Waals surface area contributed by atoms with Crippen molar-refractivity contribution in [2.45, 2.75) is 45.4 Å². The van der Waals surface area contributed by atoms with E-state index >= 15 is 0 Å². The molecule has 1 heterocycles. The topological polar surface area (TPSA) is 58.6 Å². The second-order valence-electron chi connectivity index (χ2n) is 7.86. The lowest BCUT2D eigenvalue weighted by molar-refractivity contribution is -0.137. The summed E-state index contributed by atoms with van der Waals surface area (Å²) >= 11 is 0. The van der Waals surface area contributed by atoms with Gasteiger partial charge in [0.1, 0.15) is 5.60 Å². The van der Waals surface area contributed by atoms with E-state index in [4.69, 9.17) is 4.74 Å². The van der Waals surface area contributed by atoms with Gasteiger partial charge in [0.25, 0.3) is 0 Å². The third-order valence-electron chi connectivity index (χ3n) is 4.22. The summed E-state index contributed by atoms with van der Waals surface area (Å²) in [7, 11) is 0. The highest BCUT2D eigenvalue weighted by atomic mass is 19.4. The van der Waals surface area contributed by atoms with Gasteiger partial charge in [0.2, 0.25) is 5.91 Å². The third kappa shape index (κ3) is 7.33. The number of hydrogen-bond acceptors (Lipinski definition) is 3. The zero-order valence-corrected chi connectivity index (χ0v) is 16.7. The van der Waals surface area contributed by atoms with Crippen molar-refractivity contribution in [1.29, 1.82) is 0 Å². The van der Waals surface area contributed by atoms with Crippen molar-refractivity contribution in [3.63, 3.8) is 0 Å². The highest BCUT2D eigenvalue weighted by molar-refractivity contribution is 5.80. The summed E-state index contributed by atoms with van der Waals surface area (Å²) in [5.74, 6) is 4.67. The number of rotatable bonds is 2. The van der Waals surface area contributed by atoms with Crippen molar-refractivity contribution in [2.75, 3.05) is 19.6 Å². The highest BCUT2D eigenvalue weighted by Crippen LogP contribution is 2.29. The first kappa shape index (κ1) is 22.6. The van der Waals surface area contributed by atoms with Crippen LogP contribution in [-0.4, -0.2) is 42.1 Å². The zero-order chi connectivity index (χ0) is 21.7. The molecule has 158 valence electrons. The minimum atomic E-state index is -4.42. The lowest BCUT2D eigenvalue weighted by Gasteiger charge is -2.33. The normalized spacial score (nSPS) is 17.2. The van der Waals surface area contributed by atoms with Gasteiger partial charge >= 0.3 is 12.3 Å². The molecule has 0 aliphatic carbocycles. The average molecular weight is 410 g/mol. The Morgan fingerprint density at radius 2 is 2.00 bits per heavy atom. The van der Waals surface area contributed by atoms with Crippen LogP contribution in [0.5, 0.6) is 0 Å². The van der Waals surface area contributed by atoms with E-state index in [-0.39, 0.29) is 30.5 Å². The summed E-state index contributed by atoms with van der Waals surface area (Å²) in [5.41, 5.74) is -1.15.